The number of hydrogen-bond donors (Lipinski definition) is 2. The van der Waals surface area contributed by atoms with Crippen LogP contribution in [0.25, 0.3) is 10.9 Å². The van der Waals surface area contributed by atoms with Crippen LogP contribution >= 0.6 is 11.8 Å². The van der Waals surface area contributed by atoms with Crippen molar-refractivity contribution in [2.24, 2.45) is 0 Å². The molecule has 1 aromatic carbocycles. The van der Waals surface area contributed by atoms with Gasteiger partial charge in [0.1, 0.15) is 5.82 Å². The smallest absolute Gasteiger partial charge is 0.305 e. The van der Waals surface area contributed by atoms with Crippen LogP contribution in [0.4, 0.5) is 4.39 Å². The number of carboxylic acid groups (broad SMARTS) is 1. The molecule has 0 saturated carbocycles. The first-order valence-electron chi connectivity index (χ1n) is 7.39. The molecule has 7 heteroatoms. The van der Waals surface area contributed by atoms with Crippen molar-refractivity contribution in [3.63, 3.8) is 0 Å². The summed E-state index contributed by atoms with van der Waals surface area (Å²) in [7, 11) is 0. The maximum Gasteiger partial charge on any atom is 0.305 e. The Balaban J connectivity index is 1.77. The van der Waals surface area contributed by atoms with Gasteiger partial charge in [0.2, 0.25) is 5.91 Å². The third-order valence-corrected chi connectivity index (χ3v) is 5.12. The molecule has 2 heterocycles. The molecular weight excluding hydrogens is 319 g/mol. The van der Waals surface area contributed by atoms with E-state index in [1.165, 1.54) is 12.1 Å². The zero-order chi connectivity index (χ0) is 16.4. The molecule has 5 nitrogen and oxygen atoms in total. The molecule has 1 unspecified atom stereocenters. The van der Waals surface area contributed by atoms with Crippen LogP contribution in [0.2, 0.25) is 0 Å². The number of nitrogens with one attached hydrogen (secondary N) is 1. The molecule has 0 aliphatic carbocycles. The molecule has 2 aromatic rings. The molecule has 0 radical (unpaired) electrons. The van der Waals surface area contributed by atoms with Gasteiger partial charge in [0.15, 0.2) is 0 Å². The predicted molar refractivity (Wildman–Crippen MR) is 87.0 cm³/mol. The largest absolute Gasteiger partial charge is 0.481 e. The molecule has 1 amide bonds. The number of carbonyl (C=O) groups is 2. The molecule has 1 aliphatic heterocycles. The highest BCUT2D eigenvalue weighted by Crippen LogP contribution is 2.23. The van der Waals surface area contributed by atoms with Crippen LogP contribution in [-0.2, 0) is 16.0 Å². The van der Waals surface area contributed by atoms with E-state index >= 15 is 0 Å². The van der Waals surface area contributed by atoms with E-state index < -0.39 is 5.97 Å². The van der Waals surface area contributed by atoms with Crippen LogP contribution in [0.5, 0.6) is 0 Å². The highest BCUT2D eigenvalue weighted by atomic mass is 32.2. The third kappa shape index (κ3) is 3.50. The fraction of sp³-hybridized carbons (Fsp3) is 0.375. The molecule has 1 atom stereocenters. The summed E-state index contributed by atoms with van der Waals surface area (Å²) >= 11 is 1.67. The Bertz CT molecular complexity index is 746. The van der Waals surface area contributed by atoms with Crippen LogP contribution in [0, 0.1) is 5.82 Å². The first-order chi connectivity index (χ1) is 11.0. The lowest BCUT2D eigenvalue weighted by atomic mass is 10.1. The molecule has 0 bridgehead atoms. The number of aromatic amines is 1. The number of thioether (sulfide) groups is 1. The van der Waals surface area contributed by atoms with Crippen LogP contribution < -0.4 is 0 Å². The Kier molecular flexibility index (Phi) is 4.56. The Hall–Kier alpha value is -2.02. The number of amides is 1. The number of fused-ring (bicyclic) bond motifs is 1. The van der Waals surface area contributed by atoms with Gasteiger partial charge >= 0.3 is 5.97 Å². The molecule has 1 fully saturated rings. The topological polar surface area (TPSA) is 73.4 Å². The molecule has 0 spiro atoms. The minimum atomic E-state index is -0.891. The number of H-pyrrole nitrogens is 1. The Morgan fingerprint density at radius 2 is 2.26 bits per heavy atom. The van der Waals surface area contributed by atoms with Crippen LogP contribution in [-0.4, -0.2) is 51.0 Å². The normalized spacial score (nSPS) is 18.3. The Morgan fingerprint density at radius 1 is 1.43 bits per heavy atom. The zero-order valence-electron chi connectivity index (χ0n) is 12.4. The van der Waals surface area contributed by atoms with Crippen LogP contribution in [0.15, 0.2) is 24.4 Å². The molecule has 3 rings (SSSR count). The van der Waals surface area contributed by atoms with E-state index in [2.05, 4.69) is 4.98 Å². The van der Waals surface area contributed by atoms with Crippen molar-refractivity contribution >= 4 is 34.5 Å². The molecule has 122 valence electrons. The SMILES string of the molecule is O=C(O)CC1CSCCN1C(=O)Cc1c[nH]c2cc(F)ccc12. The van der Waals surface area contributed by atoms with E-state index in [-0.39, 0.29) is 30.6 Å². The summed E-state index contributed by atoms with van der Waals surface area (Å²) in [6.07, 6.45) is 1.87. The summed E-state index contributed by atoms with van der Waals surface area (Å²) in [5.41, 5.74) is 1.46. The summed E-state index contributed by atoms with van der Waals surface area (Å²) in [5, 5.41) is 9.82. The van der Waals surface area contributed by atoms with Crippen molar-refractivity contribution in [3.05, 3.63) is 35.8 Å². The van der Waals surface area contributed by atoms with E-state index in [9.17, 15) is 14.0 Å². The number of aromatic nitrogens is 1. The number of benzene rings is 1. The Morgan fingerprint density at radius 3 is 3.04 bits per heavy atom. The van der Waals surface area contributed by atoms with Gasteiger partial charge < -0.3 is 15.0 Å². The number of hydrogen-bond acceptors (Lipinski definition) is 3. The van der Waals surface area contributed by atoms with Gasteiger partial charge in [-0.2, -0.15) is 11.8 Å². The van der Waals surface area contributed by atoms with E-state index in [1.807, 2.05) is 0 Å². The lowest BCUT2D eigenvalue weighted by molar-refractivity contribution is -0.140. The van der Waals surface area contributed by atoms with Gasteiger partial charge in [-0.05, 0) is 23.8 Å². The maximum absolute atomic E-state index is 13.2. The van der Waals surface area contributed by atoms with Crippen molar-refractivity contribution in [1.82, 2.24) is 9.88 Å². The second-order valence-electron chi connectivity index (χ2n) is 5.59. The van der Waals surface area contributed by atoms with E-state index in [0.717, 1.165) is 16.7 Å². The van der Waals surface area contributed by atoms with Crippen molar-refractivity contribution in [3.8, 4) is 0 Å². The van der Waals surface area contributed by atoms with Gasteiger partial charge in [0.05, 0.1) is 18.9 Å². The average molecular weight is 336 g/mol. The lowest BCUT2D eigenvalue weighted by Crippen LogP contribution is -2.47. The fourth-order valence-corrected chi connectivity index (χ4v) is 3.99. The number of rotatable bonds is 4. The second-order valence-corrected chi connectivity index (χ2v) is 6.74. The van der Waals surface area contributed by atoms with Gasteiger partial charge in [-0.3, -0.25) is 9.59 Å². The fourth-order valence-electron chi connectivity index (χ4n) is 2.92. The van der Waals surface area contributed by atoms with Crippen molar-refractivity contribution in [2.75, 3.05) is 18.1 Å². The molecule has 1 aliphatic rings. The summed E-state index contributed by atoms with van der Waals surface area (Å²) in [6, 6.07) is 4.16. The number of nitrogens with zero attached hydrogens (tertiary/aromatic N) is 1. The molecule has 2 N–H and O–H groups in total. The average Bonchev–Trinajstić information content (AvgIpc) is 2.89. The Labute approximate surface area is 136 Å². The standard InChI is InChI=1S/C16H17FN2O3S/c17-11-1-2-13-10(8-18-14(13)6-11)5-15(20)19-3-4-23-9-12(19)7-16(21)22/h1-2,6,8,12,18H,3-5,7,9H2,(H,21,22). The minimum absolute atomic E-state index is 0.0299. The van der Waals surface area contributed by atoms with Crippen molar-refractivity contribution in [2.45, 2.75) is 18.9 Å². The summed E-state index contributed by atoms with van der Waals surface area (Å²) in [5.74, 6) is 0.171. The number of carbonyl (C=O) groups excluding carboxylic acids is 1. The number of halogens is 1. The van der Waals surface area contributed by atoms with Gasteiger partial charge in [-0.1, -0.05) is 0 Å². The van der Waals surface area contributed by atoms with Crippen LogP contribution in [0.1, 0.15) is 12.0 Å². The van der Waals surface area contributed by atoms with E-state index in [1.54, 1.807) is 28.9 Å². The molecule has 1 aromatic heterocycles. The van der Waals surface area contributed by atoms with Crippen molar-refractivity contribution in [1.29, 1.82) is 0 Å². The predicted octanol–water partition coefficient (Wildman–Crippen LogP) is 2.27. The summed E-state index contributed by atoms with van der Waals surface area (Å²) in [4.78, 5) is 28.2. The van der Waals surface area contributed by atoms with Crippen molar-refractivity contribution < 1.29 is 19.1 Å². The monoisotopic (exact) mass is 336 g/mol. The van der Waals surface area contributed by atoms with E-state index in [0.29, 0.717) is 17.8 Å². The maximum atomic E-state index is 13.2. The molecule has 23 heavy (non-hydrogen) atoms. The zero-order valence-corrected chi connectivity index (χ0v) is 13.2. The molecule has 1 saturated heterocycles. The van der Waals surface area contributed by atoms with Crippen LogP contribution in [0.3, 0.4) is 0 Å². The quantitative estimate of drug-likeness (QED) is 0.898. The van der Waals surface area contributed by atoms with Gasteiger partial charge in [0.25, 0.3) is 0 Å². The van der Waals surface area contributed by atoms with Gasteiger partial charge in [-0.15, -0.1) is 0 Å². The van der Waals surface area contributed by atoms with E-state index in [4.69, 9.17) is 5.11 Å². The second kappa shape index (κ2) is 6.62. The van der Waals surface area contributed by atoms with Gasteiger partial charge in [0, 0.05) is 35.2 Å². The van der Waals surface area contributed by atoms with Gasteiger partial charge in [-0.25, -0.2) is 4.39 Å². The lowest BCUT2D eigenvalue weighted by Gasteiger charge is -2.34. The first kappa shape index (κ1) is 15.9. The highest BCUT2D eigenvalue weighted by molar-refractivity contribution is 7.99. The highest BCUT2D eigenvalue weighted by Gasteiger charge is 2.29. The number of aliphatic carboxylic acids is 1. The summed E-state index contributed by atoms with van der Waals surface area (Å²) in [6.45, 7) is 0.568. The first-order valence-corrected chi connectivity index (χ1v) is 8.54. The number of carboxylic acids is 1. The third-order valence-electron chi connectivity index (χ3n) is 4.03. The minimum Gasteiger partial charge on any atom is -0.481 e. The summed E-state index contributed by atoms with van der Waals surface area (Å²) < 4.78 is 13.2. The molecular formula is C16H17FN2O3S.